The highest BCUT2D eigenvalue weighted by molar-refractivity contribution is 5.79. The largest absolute Gasteiger partial charge is 0.435 e. The standard InChI is InChI=1S/C21H16F3N7/c1-12(13-5-6-15-14(10-13)4-3-9-25-15)20-27-26-19-8-7-16(28-31(19)20)17-11-18(21(22,23)24)29-30(17)2/h3-12H,1-2H3. The van der Waals surface area contributed by atoms with E-state index in [0.29, 0.717) is 17.2 Å². The summed E-state index contributed by atoms with van der Waals surface area (Å²) in [5.41, 5.74) is 2.02. The minimum absolute atomic E-state index is 0.153. The van der Waals surface area contributed by atoms with Gasteiger partial charge >= 0.3 is 6.18 Å². The number of benzene rings is 1. The van der Waals surface area contributed by atoms with E-state index in [1.54, 1.807) is 22.8 Å². The molecule has 0 N–H and O–H groups in total. The molecule has 0 aliphatic heterocycles. The molecule has 0 amide bonds. The molecular formula is C21H16F3N7. The summed E-state index contributed by atoms with van der Waals surface area (Å²) in [6.45, 7) is 1.98. The van der Waals surface area contributed by atoms with Gasteiger partial charge in [0.05, 0.1) is 11.2 Å². The number of aryl methyl sites for hydroxylation is 1. The maximum absolute atomic E-state index is 13.0. The van der Waals surface area contributed by atoms with Gasteiger partial charge in [-0.15, -0.1) is 10.2 Å². The van der Waals surface area contributed by atoms with Crippen LogP contribution in [0, 0.1) is 0 Å². The predicted octanol–water partition coefficient (Wildman–Crippen LogP) is 4.24. The molecule has 1 atom stereocenters. The SMILES string of the molecule is CC(c1ccc2ncccc2c1)c1nnc2ccc(-c3cc(C(F)(F)F)nn3C)nn12. The Balaban J connectivity index is 1.58. The van der Waals surface area contributed by atoms with Crippen molar-refractivity contribution in [1.29, 1.82) is 0 Å². The van der Waals surface area contributed by atoms with E-state index in [0.717, 1.165) is 22.5 Å². The molecule has 0 bridgehead atoms. The Morgan fingerprint density at radius 1 is 0.968 bits per heavy atom. The molecule has 1 unspecified atom stereocenters. The fourth-order valence-electron chi connectivity index (χ4n) is 3.57. The highest BCUT2D eigenvalue weighted by Gasteiger charge is 2.35. The van der Waals surface area contributed by atoms with Crippen LogP contribution >= 0.6 is 0 Å². The summed E-state index contributed by atoms with van der Waals surface area (Å²) in [6, 6.07) is 14.1. The van der Waals surface area contributed by atoms with Gasteiger partial charge in [-0.25, -0.2) is 0 Å². The molecule has 0 saturated heterocycles. The summed E-state index contributed by atoms with van der Waals surface area (Å²) >= 11 is 0. The predicted molar refractivity (Wildman–Crippen MR) is 107 cm³/mol. The van der Waals surface area contributed by atoms with Gasteiger partial charge in [0.15, 0.2) is 17.2 Å². The Bertz CT molecular complexity index is 1420. The maximum atomic E-state index is 13.0. The third kappa shape index (κ3) is 3.29. The molecule has 1 aromatic carbocycles. The average molecular weight is 423 g/mol. The van der Waals surface area contributed by atoms with Crippen molar-refractivity contribution >= 4 is 16.6 Å². The van der Waals surface area contributed by atoms with Crippen LogP contribution in [0.1, 0.15) is 29.9 Å². The fourth-order valence-corrected chi connectivity index (χ4v) is 3.57. The summed E-state index contributed by atoms with van der Waals surface area (Å²) in [4.78, 5) is 4.33. The summed E-state index contributed by atoms with van der Waals surface area (Å²) < 4.78 is 41.9. The summed E-state index contributed by atoms with van der Waals surface area (Å²) in [5.74, 6) is 0.429. The van der Waals surface area contributed by atoms with Gasteiger partial charge in [-0.3, -0.25) is 9.67 Å². The molecule has 156 valence electrons. The molecule has 31 heavy (non-hydrogen) atoms. The lowest BCUT2D eigenvalue weighted by Gasteiger charge is -2.11. The highest BCUT2D eigenvalue weighted by atomic mass is 19.4. The van der Waals surface area contributed by atoms with E-state index >= 15 is 0 Å². The van der Waals surface area contributed by atoms with Crippen molar-refractivity contribution in [1.82, 2.24) is 34.6 Å². The lowest BCUT2D eigenvalue weighted by atomic mass is 9.98. The smallest absolute Gasteiger partial charge is 0.266 e. The summed E-state index contributed by atoms with van der Waals surface area (Å²) in [6.07, 6.45) is -2.78. The number of halogens is 3. The third-order valence-corrected chi connectivity index (χ3v) is 5.23. The Morgan fingerprint density at radius 2 is 1.81 bits per heavy atom. The number of nitrogens with zero attached hydrogens (tertiary/aromatic N) is 7. The normalized spacial score (nSPS) is 13.2. The molecule has 0 fully saturated rings. The van der Waals surface area contributed by atoms with Crippen LogP contribution < -0.4 is 0 Å². The zero-order chi connectivity index (χ0) is 21.8. The van der Waals surface area contributed by atoms with E-state index < -0.39 is 11.9 Å². The first-order chi connectivity index (χ1) is 14.8. The van der Waals surface area contributed by atoms with E-state index in [1.165, 1.54) is 11.7 Å². The Labute approximate surface area is 174 Å². The van der Waals surface area contributed by atoms with Gasteiger partial charge in [0.25, 0.3) is 0 Å². The van der Waals surface area contributed by atoms with Crippen molar-refractivity contribution in [2.75, 3.05) is 0 Å². The zero-order valence-electron chi connectivity index (χ0n) is 16.5. The molecule has 0 spiro atoms. The Hall–Kier alpha value is -3.82. The fraction of sp³-hybridized carbons (Fsp3) is 0.190. The minimum Gasteiger partial charge on any atom is -0.266 e. The second-order valence-electron chi connectivity index (χ2n) is 7.26. The van der Waals surface area contributed by atoms with Crippen LogP contribution in [0.25, 0.3) is 27.9 Å². The van der Waals surface area contributed by atoms with Crippen molar-refractivity contribution in [3.63, 3.8) is 0 Å². The number of hydrogen-bond donors (Lipinski definition) is 0. The van der Waals surface area contributed by atoms with Crippen LogP contribution in [0.2, 0.25) is 0 Å². The van der Waals surface area contributed by atoms with Gasteiger partial charge in [0, 0.05) is 24.5 Å². The first-order valence-electron chi connectivity index (χ1n) is 9.50. The molecule has 4 aromatic heterocycles. The average Bonchev–Trinajstić information content (AvgIpc) is 3.36. The minimum atomic E-state index is -4.53. The second kappa shape index (κ2) is 6.86. The quantitative estimate of drug-likeness (QED) is 0.434. The molecule has 4 heterocycles. The lowest BCUT2D eigenvalue weighted by molar-refractivity contribution is -0.141. The highest BCUT2D eigenvalue weighted by Crippen LogP contribution is 2.31. The van der Waals surface area contributed by atoms with E-state index in [2.05, 4.69) is 25.4 Å². The van der Waals surface area contributed by atoms with Crippen molar-refractivity contribution in [2.24, 2.45) is 7.05 Å². The number of fused-ring (bicyclic) bond motifs is 2. The third-order valence-electron chi connectivity index (χ3n) is 5.23. The van der Waals surface area contributed by atoms with E-state index in [9.17, 15) is 13.2 Å². The van der Waals surface area contributed by atoms with Crippen LogP contribution in [0.3, 0.4) is 0 Å². The van der Waals surface area contributed by atoms with E-state index in [-0.39, 0.29) is 11.6 Å². The molecule has 7 nitrogen and oxygen atoms in total. The Kier molecular flexibility index (Phi) is 4.24. The lowest BCUT2D eigenvalue weighted by Crippen LogP contribution is -2.07. The van der Waals surface area contributed by atoms with Gasteiger partial charge in [-0.05, 0) is 42.0 Å². The van der Waals surface area contributed by atoms with Crippen molar-refractivity contribution in [3.8, 4) is 11.4 Å². The number of hydrogen-bond acceptors (Lipinski definition) is 5. The van der Waals surface area contributed by atoms with Crippen molar-refractivity contribution in [2.45, 2.75) is 19.0 Å². The topological polar surface area (TPSA) is 73.8 Å². The molecular weight excluding hydrogens is 407 g/mol. The second-order valence-corrected chi connectivity index (χ2v) is 7.26. The van der Waals surface area contributed by atoms with E-state index in [1.807, 2.05) is 37.3 Å². The monoisotopic (exact) mass is 423 g/mol. The van der Waals surface area contributed by atoms with Crippen LogP contribution in [-0.4, -0.2) is 34.6 Å². The van der Waals surface area contributed by atoms with Gasteiger partial charge in [0.2, 0.25) is 0 Å². The van der Waals surface area contributed by atoms with Crippen molar-refractivity contribution in [3.05, 3.63) is 71.8 Å². The van der Waals surface area contributed by atoms with Crippen LogP contribution in [-0.2, 0) is 13.2 Å². The first kappa shape index (κ1) is 19.2. The molecule has 10 heteroatoms. The molecule has 0 aliphatic carbocycles. The number of pyridine rings is 1. The molecule has 0 aliphatic rings. The van der Waals surface area contributed by atoms with Gasteiger partial charge in [0.1, 0.15) is 5.69 Å². The summed E-state index contributed by atoms with van der Waals surface area (Å²) in [5, 5.41) is 17.5. The van der Waals surface area contributed by atoms with Gasteiger partial charge < -0.3 is 0 Å². The summed E-state index contributed by atoms with van der Waals surface area (Å²) in [7, 11) is 1.45. The molecule has 0 radical (unpaired) electrons. The van der Waals surface area contributed by atoms with E-state index in [4.69, 9.17) is 0 Å². The Morgan fingerprint density at radius 3 is 2.58 bits per heavy atom. The van der Waals surface area contributed by atoms with Crippen LogP contribution in [0.5, 0.6) is 0 Å². The number of alkyl halides is 3. The van der Waals surface area contributed by atoms with Gasteiger partial charge in [-0.2, -0.15) is 27.9 Å². The number of aromatic nitrogens is 7. The van der Waals surface area contributed by atoms with Crippen LogP contribution in [0.15, 0.2) is 54.7 Å². The van der Waals surface area contributed by atoms with Crippen LogP contribution in [0.4, 0.5) is 13.2 Å². The molecule has 0 saturated carbocycles. The molecule has 5 rings (SSSR count). The number of rotatable bonds is 3. The van der Waals surface area contributed by atoms with Gasteiger partial charge in [-0.1, -0.05) is 19.1 Å². The molecule has 5 aromatic rings. The van der Waals surface area contributed by atoms with Crippen molar-refractivity contribution < 1.29 is 13.2 Å². The maximum Gasteiger partial charge on any atom is 0.435 e. The zero-order valence-corrected chi connectivity index (χ0v) is 16.5. The first-order valence-corrected chi connectivity index (χ1v) is 9.50.